The largest absolute Gasteiger partial charge is 0.391 e. The molecule has 1 N–H and O–H groups in total. The Hall–Kier alpha value is -1.76. The second-order valence-electron chi connectivity index (χ2n) is 4.40. The van der Waals surface area contributed by atoms with Crippen LogP contribution in [0.1, 0.15) is 13.8 Å². The van der Waals surface area contributed by atoms with Crippen LogP contribution in [0.15, 0.2) is 11.1 Å². The van der Waals surface area contributed by atoms with Crippen LogP contribution >= 0.6 is 0 Å². The maximum absolute atomic E-state index is 12.0. The molecule has 0 aliphatic carbocycles. The van der Waals surface area contributed by atoms with Gasteiger partial charge in [0, 0.05) is 7.05 Å². The van der Waals surface area contributed by atoms with Gasteiger partial charge in [0.05, 0.1) is 12.6 Å². The summed E-state index contributed by atoms with van der Waals surface area (Å²) in [6.45, 7) is 4.00. The van der Waals surface area contributed by atoms with Crippen molar-refractivity contribution in [1.29, 1.82) is 0 Å². The van der Waals surface area contributed by atoms with Gasteiger partial charge in [0.2, 0.25) is 0 Å². The van der Waals surface area contributed by atoms with Gasteiger partial charge in [0.15, 0.2) is 11.2 Å². The first-order valence-electron chi connectivity index (χ1n) is 5.43. The molecule has 7 nitrogen and oxygen atoms in total. The lowest BCUT2D eigenvalue weighted by Gasteiger charge is -2.15. The van der Waals surface area contributed by atoms with Gasteiger partial charge in [0.25, 0.3) is 5.56 Å². The Balaban J connectivity index is 2.43. The quantitative estimate of drug-likeness (QED) is 0.780. The first kappa shape index (κ1) is 11.7. The normalized spacial score (nSPS) is 13.5. The highest BCUT2D eigenvalue weighted by Crippen LogP contribution is 2.04. The second-order valence-corrected chi connectivity index (χ2v) is 4.40. The molecule has 0 spiro atoms. The Labute approximate surface area is 97.7 Å². The van der Waals surface area contributed by atoms with Crippen LogP contribution in [0.2, 0.25) is 0 Å². The zero-order chi connectivity index (χ0) is 12.6. The summed E-state index contributed by atoms with van der Waals surface area (Å²) < 4.78 is 2.81. The van der Waals surface area contributed by atoms with Crippen LogP contribution in [0.5, 0.6) is 0 Å². The number of aliphatic hydroxyl groups is 1. The highest BCUT2D eigenvalue weighted by molar-refractivity contribution is 5.67. The third kappa shape index (κ3) is 2.05. The lowest BCUT2D eigenvalue weighted by Crippen LogP contribution is -2.29. The van der Waals surface area contributed by atoms with Crippen molar-refractivity contribution in [2.45, 2.75) is 26.5 Å². The molecule has 0 bridgehead atoms. The molecule has 92 valence electrons. The summed E-state index contributed by atoms with van der Waals surface area (Å²) >= 11 is 0. The van der Waals surface area contributed by atoms with Crippen molar-refractivity contribution in [3.8, 4) is 0 Å². The van der Waals surface area contributed by atoms with Gasteiger partial charge in [-0.15, -0.1) is 5.10 Å². The predicted molar refractivity (Wildman–Crippen MR) is 61.4 cm³/mol. The van der Waals surface area contributed by atoms with Crippen LogP contribution in [0, 0.1) is 5.92 Å². The Morgan fingerprint density at radius 1 is 1.47 bits per heavy atom. The van der Waals surface area contributed by atoms with E-state index < -0.39 is 6.10 Å². The minimum absolute atomic E-state index is 0.0828. The van der Waals surface area contributed by atoms with Crippen molar-refractivity contribution < 1.29 is 5.11 Å². The summed E-state index contributed by atoms with van der Waals surface area (Å²) in [5.41, 5.74) is 0.402. The van der Waals surface area contributed by atoms with Crippen molar-refractivity contribution in [1.82, 2.24) is 24.5 Å². The monoisotopic (exact) mass is 237 g/mol. The maximum atomic E-state index is 12.0. The molecule has 0 aliphatic rings. The number of aryl methyl sites for hydroxylation is 1. The number of hydrogen-bond acceptors (Lipinski definition) is 5. The van der Waals surface area contributed by atoms with E-state index in [4.69, 9.17) is 0 Å². The molecule has 0 fully saturated rings. The van der Waals surface area contributed by atoms with Crippen LogP contribution in [-0.2, 0) is 13.6 Å². The van der Waals surface area contributed by atoms with Gasteiger partial charge in [-0.3, -0.25) is 9.36 Å². The summed E-state index contributed by atoms with van der Waals surface area (Å²) in [6, 6.07) is 0. The fourth-order valence-corrected chi connectivity index (χ4v) is 1.49. The smallest absolute Gasteiger partial charge is 0.283 e. The molecule has 0 amide bonds. The van der Waals surface area contributed by atoms with E-state index in [1.807, 2.05) is 13.8 Å². The summed E-state index contributed by atoms with van der Waals surface area (Å²) in [4.78, 5) is 16.1. The highest BCUT2D eigenvalue weighted by Gasteiger charge is 2.14. The molecule has 0 aromatic carbocycles. The van der Waals surface area contributed by atoms with Gasteiger partial charge in [0.1, 0.15) is 6.33 Å². The van der Waals surface area contributed by atoms with Crippen molar-refractivity contribution in [3.63, 3.8) is 0 Å². The third-order valence-electron chi connectivity index (χ3n) is 2.73. The van der Waals surface area contributed by atoms with Crippen LogP contribution in [0.3, 0.4) is 0 Å². The van der Waals surface area contributed by atoms with E-state index in [2.05, 4.69) is 15.3 Å². The first-order chi connectivity index (χ1) is 8.00. The zero-order valence-electron chi connectivity index (χ0n) is 10.0. The average molecular weight is 237 g/mol. The Kier molecular flexibility index (Phi) is 2.93. The van der Waals surface area contributed by atoms with Gasteiger partial charge in [-0.05, 0) is 5.92 Å². The molecular formula is C10H15N5O2. The van der Waals surface area contributed by atoms with Crippen molar-refractivity contribution in [2.24, 2.45) is 13.0 Å². The molecule has 2 aromatic heterocycles. The predicted octanol–water partition coefficient (Wildman–Crippen LogP) is -0.458. The van der Waals surface area contributed by atoms with E-state index in [1.54, 1.807) is 7.05 Å². The van der Waals surface area contributed by atoms with E-state index in [-0.39, 0.29) is 23.5 Å². The lowest BCUT2D eigenvalue weighted by molar-refractivity contribution is 0.105. The molecule has 2 heterocycles. The average Bonchev–Trinajstić information content (AvgIpc) is 2.65. The molecule has 0 radical (unpaired) electrons. The minimum Gasteiger partial charge on any atom is -0.391 e. The Morgan fingerprint density at radius 2 is 2.18 bits per heavy atom. The maximum Gasteiger partial charge on any atom is 0.283 e. The van der Waals surface area contributed by atoms with Crippen LogP contribution in [0.4, 0.5) is 0 Å². The standard InChI is InChI=1S/C10H15N5O2/c1-6(2)7(16)4-15-5-11-9-8(10(15)17)12-13-14(9)3/h5-7,16H,4H2,1-3H3. The SMILES string of the molecule is CC(C)C(O)Cn1cnc2c(nnn2C)c1=O. The van der Waals surface area contributed by atoms with Crippen LogP contribution in [-0.4, -0.2) is 35.8 Å². The van der Waals surface area contributed by atoms with Crippen LogP contribution < -0.4 is 5.56 Å². The second kappa shape index (κ2) is 4.25. The molecule has 0 saturated carbocycles. The van der Waals surface area contributed by atoms with Crippen molar-refractivity contribution in [2.75, 3.05) is 0 Å². The summed E-state index contributed by atoms with van der Waals surface area (Å²) in [6.07, 6.45) is 0.836. The lowest BCUT2D eigenvalue weighted by atomic mass is 10.1. The number of hydrogen-bond donors (Lipinski definition) is 1. The number of fused-ring (bicyclic) bond motifs is 1. The Morgan fingerprint density at radius 3 is 2.82 bits per heavy atom. The number of nitrogens with zero attached hydrogens (tertiary/aromatic N) is 5. The van der Waals surface area contributed by atoms with Crippen LogP contribution in [0.25, 0.3) is 11.2 Å². The molecule has 0 saturated heterocycles. The fraction of sp³-hybridized carbons (Fsp3) is 0.600. The van der Waals surface area contributed by atoms with E-state index in [9.17, 15) is 9.90 Å². The number of aromatic nitrogens is 5. The summed E-state index contributed by atoms with van der Waals surface area (Å²) in [7, 11) is 1.68. The molecule has 17 heavy (non-hydrogen) atoms. The van der Waals surface area contributed by atoms with E-state index >= 15 is 0 Å². The fourth-order valence-electron chi connectivity index (χ4n) is 1.49. The van der Waals surface area contributed by atoms with Crippen molar-refractivity contribution >= 4 is 11.2 Å². The van der Waals surface area contributed by atoms with Gasteiger partial charge >= 0.3 is 0 Å². The molecule has 1 unspecified atom stereocenters. The molecule has 2 aromatic rings. The molecular weight excluding hydrogens is 222 g/mol. The molecule has 2 rings (SSSR count). The van der Waals surface area contributed by atoms with Gasteiger partial charge < -0.3 is 5.11 Å². The molecule has 7 heteroatoms. The van der Waals surface area contributed by atoms with E-state index in [0.717, 1.165) is 0 Å². The van der Waals surface area contributed by atoms with E-state index in [1.165, 1.54) is 15.6 Å². The zero-order valence-corrected chi connectivity index (χ0v) is 10.0. The highest BCUT2D eigenvalue weighted by atomic mass is 16.3. The summed E-state index contributed by atoms with van der Waals surface area (Å²) in [5.74, 6) is 0.0828. The topological polar surface area (TPSA) is 85.8 Å². The summed E-state index contributed by atoms with van der Waals surface area (Å²) in [5, 5.41) is 17.3. The minimum atomic E-state index is -0.580. The third-order valence-corrected chi connectivity index (χ3v) is 2.73. The van der Waals surface area contributed by atoms with Gasteiger partial charge in [-0.1, -0.05) is 19.1 Å². The number of rotatable bonds is 3. The molecule has 0 aliphatic heterocycles. The van der Waals surface area contributed by atoms with Gasteiger partial charge in [-0.2, -0.15) is 0 Å². The van der Waals surface area contributed by atoms with Gasteiger partial charge in [-0.25, -0.2) is 9.67 Å². The van der Waals surface area contributed by atoms with E-state index in [0.29, 0.717) is 5.65 Å². The Bertz CT molecular complexity index is 586. The first-order valence-corrected chi connectivity index (χ1v) is 5.43. The number of aliphatic hydroxyl groups excluding tert-OH is 1. The molecule has 1 atom stereocenters. The van der Waals surface area contributed by atoms with Crippen molar-refractivity contribution in [3.05, 3.63) is 16.7 Å².